The molecule has 3 heterocycles. The van der Waals surface area contributed by atoms with Crippen LogP contribution in [-0.4, -0.2) is 36.1 Å². The highest BCUT2D eigenvalue weighted by molar-refractivity contribution is 5.50. The van der Waals surface area contributed by atoms with Crippen LogP contribution in [0.25, 0.3) is 0 Å². The highest BCUT2D eigenvalue weighted by Crippen LogP contribution is 2.37. The monoisotopic (exact) mass is 220 g/mol. The van der Waals surface area contributed by atoms with Crippen molar-refractivity contribution in [1.82, 2.24) is 10.3 Å². The summed E-state index contributed by atoms with van der Waals surface area (Å²) in [6.45, 7) is 4.23. The van der Waals surface area contributed by atoms with Crippen LogP contribution in [0, 0.1) is 15.5 Å². The zero-order valence-corrected chi connectivity index (χ0v) is 8.72. The van der Waals surface area contributed by atoms with Crippen molar-refractivity contribution in [2.75, 3.05) is 31.1 Å². The van der Waals surface area contributed by atoms with Gasteiger partial charge in [0.15, 0.2) is 6.20 Å². The van der Waals surface area contributed by atoms with Crippen LogP contribution in [0.5, 0.6) is 0 Å². The summed E-state index contributed by atoms with van der Waals surface area (Å²) in [6.07, 6.45) is 1.58. The van der Waals surface area contributed by atoms with Crippen molar-refractivity contribution in [2.24, 2.45) is 5.41 Å². The lowest BCUT2D eigenvalue weighted by Crippen LogP contribution is -2.71. The van der Waals surface area contributed by atoms with E-state index in [0.29, 0.717) is 5.41 Å². The third-order valence-corrected chi connectivity index (χ3v) is 3.34. The standard InChI is InChI=1S/C10H12N4O2/c15-14(16)9-2-1-8(3-12-9)13-6-10(7-13)4-11-5-10/h1-3,11H,4-7H2. The number of anilines is 1. The molecule has 0 amide bonds. The summed E-state index contributed by atoms with van der Waals surface area (Å²) in [6, 6.07) is 3.23. The van der Waals surface area contributed by atoms with E-state index >= 15 is 0 Å². The molecule has 3 rings (SSSR count). The molecule has 0 bridgehead atoms. The summed E-state index contributed by atoms with van der Waals surface area (Å²) in [7, 11) is 0. The van der Waals surface area contributed by atoms with Crippen LogP contribution >= 0.6 is 0 Å². The second kappa shape index (κ2) is 3.15. The van der Waals surface area contributed by atoms with Gasteiger partial charge in [0.1, 0.15) is 0 Å². The number of nitro groups is 1. The Morgan fingerprint density at radius 3 is 2.62 bits per heavy atom. The Morgan fingerprint density at radius 1 is 1.44 bits per heavy atom. The SMILES string of the molecule is O=[N+]([O-])c1ccc(N2CC3(CNC3)C2)cn1. The molecule has 1 aromatic heterocycles. The Morgan fingerprint density at radius 2 is 2.19 bits per heavy atom. The Bertz CT molecular complexity index is 419. The average Bonchev–Trinajstić information content (AvgIpc) is 2.14. The summed E-state index contributed by atoms with van der Waals surface area (Å²) >= 11 is 0. The van der Waals surface area contributed by atoms with E-state index in [0.717, 1.165) is 31.9 Å². The first-order valence-corrected chi connectivity index (χ1v) is 5.25. The van der Waals surface area contributed by atoms with E-state index in [9.17, 15) is 10.1 Å². The number of pyridine rings is 1. The van der Waals surface area contributed by atoms with Crippen molar-refractivity contribution in [2.45, 2.75) is 0 Å². The van der Waals surface area contributed by atoms with Gasteiger partial charge in [0.2, 0.25) is 0 Å². The molecule has 84 valence electrons. The van der Waals surface area contributed by atoms with Crippen LogP contribution in [-0.2, 0) is 0 Å². The normalized spacial score (nSPS) is 21.4. The number of aromatic nitrogens is 1. The number of nitrogens with one attached hydrogen (secondary N) is 1. The quantitative estimate of drug-likeness (QED) is 0.577. The van der Waals surface area contributed by atoms with Crippen LogP contribution < -0.4 is 10.2 Å². The van der Waals surface area contributed by atoms with Crippen LogP contribution in [0.4, 0.5) is 11.5 Å². The third-order valence-electron chi connectivity index (χ3n) is 3.34. The van der Waals surface area contributed by atoms with Gasteiger partial charge in [0.05, 0.1) is 5.69 Å². The fraction of sp³-hybridized carbons (Fsp3) is 0.500. The molecule has 0 saturated carbocycles. The minimum absolute atomic E-state index is 0.0932. The highest BCUT2D eigenvalue weighted by Gasteiger charge is 2.47. The van der Waals surface area contributed by atoms with Gasteiger partial charge < -0.3 is 20.3 Å². The Labute approximate surface area is 92.4 Å². The molecule has 6 heteroatoms. The summed E-state index contributed by atoms with van der Waals surface area (Å²) in [4.78, 5) is 16.0. The molecule has 2 saturated heterocycles. The average molecular weight is 220 g/mol. The lowest BCUT2D eigenvalue weighted by atomic mass is 9.74. The molecule has 0 radical (unpaired) electrons. The van der Waals surface area contributed by atoms with Gasteiger partial charge >= 0.3 is 5.82 Å². The van der Waals surface area contributed by atoms with Gasteiger partial charge in [0, 0.05) is 37.7 Å². The molecule has 2 aliphatic heterocycles. The fourth-order valence-electron chi connectivity index (χ4n) is 2.32. The highest BCUT2D eigenvalue weighted by atomic mass is 16.6. The summed E-state index contributed by atoms with van der Waals surface area (Å²) in [5.74, 6) is -0.0932. The van der Waals surface area contributed by atoms with Gasteiger partial charge in [-0.15, -0.1) is 0 Å². The van der Waals surface area contributed by atoms with Crippen LogP contribution in [0.2, 0.25) is 0 Å². The van der Waals surface area contributed by atoms with E-state index in [1.165, 1.54) is 6.07 Å². The Balaban J connectivity index is 1.69. The molecule has 1 spiro atoms. The van der Waals surface area contributed by atoms with Crippen molar-refractivity contribution in [3.05, 3.63) is 28.4 Å². The Kier molecular flexibility index (Phi) is 1.88. The van der Waals surface area contributed by atoms with Crippen molar-refractivity contribution >= 4 is 11.5 Å². The largest absolute Gasteiger partial charge is 0.367 e. The van der Waals surface area contributed by atoms with E-state index in [1.807, 2.05) is 0 Å². The number of hydrogen-bond acceptors (Lipinski definition) is 5. The zero-order valence-electron chi connectivity index (χ0n) is 8.72. The van der Waals surface area contributed by atoms with E-state index in [2.05, 4.69) is 15.2 Å². The predicted molar refractivity (Wildman–Crippen MR) is 58.4 cm³/mol. The maximum atomic E-state index is 10.4. The first-order valence-electron chi connectivity index (χ1n) is 5.25. The van der Waals surface area contributed by atoms with Crippen molar-refractivity contribution < 1.29 is 4.92 Å². The molecular weight excluding hydrogens is 208 g/mol. The number of rotatable bonds is 2. The minimum Gasteiger partial charge on any atom is -0.367 e. The minimum atomic E-state index is -0.475. The second-order valence-electron chi connectivity index (χ2n) is 4.59. The molecule has 1 N–H and O–H groups in total. The molecular formula is C10H12N4O2. The zero-order chi connectivity index (χ0) is 11.2. The topological polar surface area (TPSA) is 71.3 Å². The number of nitrogens with zero attached hydrogens (tertiary/aromatic N) is 3. The summed E-state index contributed by atoms with van der Waals surface area (Å²) in [5.41, 5.74) is 1.44. The van der Waals surface area contributed by atoms with Gasteiger partial charge in [-0.25, -0.2) is 0 Å². The van der Waals surface area contributed by atoms with Crippen molar-refractivity contribution in [3.8, 4) is 0 Å². The van der Waals surface area contributed by atoms with Crippen LogP contribution in [0.15, 0.2) is 18.3 Å². The van der Waals surface area contributed by atoms with Gasteiger partial charge in [-0.1, -0.05) is 0 Å². The maximum absolute atomic E-state index is 10.4. The van der Waals surface area contributed by atoms with E-state index in [-0.39, 0.29) is 5.82 Å². The molecule has 16 heavy (non-hydrogen) atoms. The van der Waals surface area contributed by atoms with Gasteiger partial charge in [-0.05, 0) is 16.0 Å². The second-order valence-corrected chi connectivity index (χ2v) is 4.59. The molecule has 0 aliphatic carbocycles. The molecule has 2 aliphatic rings. The fourth-order valence-corrected chi connectivity index (χ4v) is 2.32. The Hall–Kier alpha value is -1.69. The summed E-state index contributed by atoms with van der Waals surface area (Å²) < 4.78 is 0. The van der Waals surface area contributed by atoms with Gasteiger partial charge in [-0.2, -0.15) is 0 Å². The van der Waals surface area contributed by atoms with E-state index in [1.54, 1.807) is 12.3 Å². The van der Waals surface area contributed by atoms with Crippen LogP contribution in [0.3, 0.4) is 0 Å². The van der Waals surface area contributed by atoms with Crippen molar-refractivity contribution in [1.29, 1.82) is 0 Å². The molecule has 2 fully saturated rings. The molecule has 6 nitrogen and oxygen atoms in total. The molecule has 0 atom stereocenters. The first-order chi connectivity index (χ1) is 7.69. The van der Waals surface area contributed by atoms with Gasteiger partial charge in [0.25, 0.3) is 0 Å². The predicted octanol–water partition coefficient (Wildman–Crippen LogP) is 0.399. The van der Waals surface area contributed by atoms with Gasteiger partial charge in [-0.3, -0.25) is 0 Å². The lowest BCUT2D eigenvalue weighted by Gasteiger charge is -2.56. The first kappa shape index (κ1) is 9.53. The van der Waals surface area contributed by atoms with Crippen LogP contribution in [0.1, 0.15) is 0 Å². The molecule has 0 aromatic carbocycles. The molecule has 1 aromatic rings. The number of hydrogen-bond donors (Lipinski definition) is 1. The summed E-state index contributed by atoms with van der Waals surface area (Å²) in [5, 5.41) is 13.7. The lowest BCUT2D eigenvalue weighted by molar-refractivity contribution is -0.389. The third kappa shape index (κ3) is 1.34. The smallest absolute Gasteiger partial charge is 0.363 e. The van der Waals surface area contributed by atoms with E-state index < -0.39 is 4.92 Å². The maximum Gasteiger partial charge on any atom is 0.363 e. The molecule has 0 unspecified atom stereocenters. The van der Waals surface area contributed by atoms with E-state index in [4.69, 9.17) is 0 Å². The van der Waals surface area contributed by atoms with Crippen molar-refractivity contribution in [3.63, 3.8) is 0 Å².